The predicted octanol–water partition coefficient (Wildman–Crippen LogP) is 3.75. The lowest BCUT2D eigenvalue weighted by atomic mass is 10.0. The molecule has 1 unspecified atom stereocenters. The van der Waals surface area contributed by atoms with E-state index in [0.29, 0.717) is 6.04 Å². The van der Waals surface area contributed by atoms with E-state index in [4.69, 9.17) is 4.99 Å². The Morgan fingerprint density at radius 3 is 2.34 bits per heavy atom. The van der Waals surface area contributed by atoms with Gasteiger partial charge in [-0.05, 0) is 44.1 Å². The molecule has 0 aliphatic heterocycles. The Labute approximate surface area is 193 Å². The molecule has 0 bridgehead atoms. The topological polar surface area (TPSA) is 52.6 Å². The Kier molecular flexibility index (Phi) is 13.3. The Hall–Kier alpha value is -1.67. The molecule has 0 saturated heterocycles. The van der Waals surface area contributed by atoms with Crippen molar-refractivity contribution in [2.45, 2.75) is 39.7 Å². The molecule has 2 rings (SSSR count). The second kappa shape index (κ2) is 15.2. The summed E-state index contributed by atoms with van der Waals surface area (Å²) in [5, 5.41) is 6.81. The molecular formula is C23H36IN5. The first-order valence-electron chi connectivity index (χ1n) is 10.5. The molecule has 1 atom stereocenters. The third-order valence-corrected chi connectivity index (χ3v) is 4.85. The molecule has 2 N–H and O–H groups in total. The Morgan fingerprint density at radius 2 is 1.72 bits per heavy atom. The first-order valence-corrected chi connectivity index (χ1v) is 10.5. The summed E-state index contributed by atoms with van der Waals surface area (Å²) < 4.78 is 0. The van der Waals surface area contributed by atoms with Crippen LogP contribution in [0.2, 0.25) is 0 Å². The Balaban J connectivity index is 0.00000420. The zero-order chi connectivity index (χ0) is 20.0. The van der Waals surface area contributed by atoms with Crippen molar-refractivity contribution in [3.05, 3.63) is 66.0 Å². The molecule has 2 aromatic rings. The van der Waals surface area contributed by atoms with Crippen LogP contribution >= 0.6 is 24.0 Å². The Morgan fingerprint density at radius 1 is 1.00 bits per heavy atom. The van der Waals surface area contributed by atoms with E-state index < -0.39 is 0 Å². The molecule has 0 amide bonds. The minimum Gasteiger partial charge on any atom is -0.357 e. The zero-order valence-corrected chi connectivity index (χ0v) is 20.3. The first-order chi connectivity index (χ1) is 13.8. The molecule has 29 heavy (non-hydrogen) atoms. The largest absolute Gasteiger partial charge is 0.357 e. The molecule has 0 spiro atoms. The quantitative estimate of drug-likeness (QED) is 0.275. The van der Waals surface area contributed by atoms with Crippen LogP contribution in [0.25, 0.3) is 0 Å². The van der Waals surface area contributed by atoms with Crippen molar-refractivity contribution in [2.24, 2.45) is 4.99 Å². The standard InChI is InChI=1S/C23H35N5.HI/c1-4-24-23(26-17-15-21-14-10-11-16-25-21)27-19-22(28(5-2)6-3)18-20-12-8-7-9-13-20;/h7-14,16,22H,4-6,15,17-19H2,1-3H3,(H2,24,26,27);1H. The number of pyridine rings is 1. The van der Waals surface area contributed by atoms with Gasteiger partial charge in [-0.2, -0.15) is 0 Å². The average molecular weight is 509 g/mol. The molecule has 1 heterocycles. The van der Waals surface area contributed by atoms with Crippen molar-refractivity contribution in [3.8, 4) is 0 Å². The van der Waals surface area contributed by atoms with Gasteiger partial charge in [0.2, 0.25) is 0 Å². The van der Waals surface area contributed by atoms with Crippen LogP contribution in [-0.4, -0.2) is 54.6 Å². The highest BCUT2D eigenvalue weighted by atomic mass is 127. The van der Waals surface area contributed by atoms with Gasteiger partial charge in [0.05, 0.1) is 6.54 Å². The fraction of sp³-hybridized carbons (Fsp3) is 0.478. The van der Waals surface area contributed by atoms with Gasteiger partial charge < -0.3 is 10.6 Å². The molecule has 5 nitrogen and oxygen atoms in total. The van der Waals surface area contributed by atoms with Crippen LogP contribution < -0.4 is 10.6 Å². The second-order valence-corrected chi connectivity index (χ2v) is 6.78. The van der Waals surface area contributed by atoms with E-state index in [1.165, 1.54) is 5.56 Å². The van der Waals surface area contributed by atoms with E-state index in [9.17, 15) is 0 Å². The number of rotatable bonds is 11. The fourth-order valence-corrected chi connectivity index (χ4v) is 3.33. The minimum absolute atomic E-state index is 0. The van der Waals surface area contributed by atoms with E-state index in [2.05, 4.69) is 77.7 Å². The molecule has 160 valence electrons. The van der Waals surface area contributed by atoms with Crippen LogP contribution in [0.5, 0.6) is 0 Å². The highest BCUT2D eigenvalue weighted by Gasteiger charge is 2.16. The van der Waals surface area contributed by atoms with Crippen LogP contribution in [0.15, 0.2) is 59.7 Å². The third-order valence-electron chi connectivity index (χ3n) is 4.85. The first kappa shape index (κ1) is 25.4. The number of hydrogen-bond acceptors (Lipinski definition) is 3. The molecule has 0 radical (unpaired) electrons. The number of halogens is 1. The van der Waals surface area contributed by atoms with Gasteiger partial charge in [0.15, 0.2) is 5.96 Å². The Bertz CT molecular complexity index is 674. The lowest BCUT2D eigenvalue weighted by Crippen LogP contribution is -2.42. The fourth-order valence-electron chi connectivity index (χ4n) is 3.33. The summed E-state index contributed by atoms with van der Waals surface area (Å²) in [6, 6.07) is 17.1. The number of nitrogens with zero attached hydrogens (tertiary/aromatic N) is 3. The van der Waals surface area contributed by atoms with E-state index in [-0.39, 0.29) is 24.0 Å². The molecule has 1 aromatic carbocycles. The van der Waals surface area contributed by atoms with Crippen molar-refractivity contribution in [1.29, 1.82) is 0 Å². The molecule has 0 saturated carbocycles. The van der Waals surface area contributed by atoms with Gasteiger partial charge in [0.25, 0.3) is 0 Å². The second-order valence-electron chi connectivity index (χ2n) is 6.78. The van der Waals surface area contributed by atoms with E-state index in [0.717, 1.165) is 57.2 Å². The molecule has 0 fully saturated rings. The van der Waals surface area contributed by atoms with Crippen LogP contribution in [0.1, 0.15) is 32.0 Å². The number of aromatic nitrogens is 1. The normalized spacial score (nSPS) is 12.3. The number of benzene rings is 1. The van der Waals surface area contributed by atoms with Crippen molar-refractivity contribution in [1.82, 2.24) is 20.5 Å². The summed E-state index contributed by atoms with van der Waals surface area (Å²) in [4.78, 5) is 11.8. The highest BCUT2D eigenvalue weighted by molar-refractivity contribution is 14.0. The van der Waals surface area contributed by atoms with Crippen LogP contribution in [-0.2, 0) is 12.8 Å². The number of guanidine groups is 1. The van der Waals surface area contributed by atoms with E-state index >= 15 is 0 Å². The smallest absolute Gasteiger partial charge is 0.191 e. The van der Waals surface area contributed by atoms with Crippen LogP contribution in [0, 0.1) is 0 Å². The predicted molar refractivity (Wildman–Crippen MR) is 134 cm³/mol. The number of aliphatic imine (C=N–C) groups is 1. The minimum atomic E-state index is 0. The maximum absolute atomic E-state index is 4.89. The molecule has 6 heteroatoms. The van der Waals surface area contributed by atoms with Gasteiger partial charge in [-0.1, -0.05) is 50.2 Å². The van der Waals surface area contributed by atoms with Crippen LogP contribution in [0.4, 0.5) is 0 Å². The molecule has 0 aliphatic rings. The molecular weight excluding hydrogens is 473 g/mol. The summed E-state index contributed by atoms with van der Waals surface area (Å²) >= 11 is 0. The van der Waals surface area contributed by atoms with Crippen LogP contribution in [0.3, 0.4) is 0 Å². The highest BCUT2D eigenvalue weighted by Crippen LogP contribution is 2.10. The average Bonchev–Trinajstić information content (AvgIpc) is 2.74. The SMILES string of the molecule is CCNC(=NCC(Cc1ccccc1)N(CC)CC)NCCc1ccccn1.I. The summed E-state index contributed by atoms with van der Waals surface area (Å²) in [5.74, 6) is 0.878. The molecule has 1 aromatic heterocycles. The molecule has 0 aliphatic carbocycles. The maximum atomic E-state index is 4.89. The summed E-state index contributed by atoms with van der Waals surface area (Å²) in [7, 11) is 0. The summed E-state index contributed by atoms with van der Waals surface area (Å²) in [5.41, 5.74) is 2.46. The van der Waals surface area contributed by atoms with Gasteiger partial charge in [0.1, 0.15) is 0 Å². The van der Waals surface area contributed by atoms with E-state index in [1.54, 1.807) is 0 Å². The van der Waals surface area contributed by atoms with Gasteiger partial charge in [0, 0.05) is 37.4 Å². The van der Waals surface area contributed by atoms with Crippen molar-refractivity contribution in [3.63, 3.8) is 0 Å². The monoisotopic (exact) mass is 509 g/mol. The lowest BCUT2D eigenvalue weighted by molar-refractivity contribution is 0.220. The van der Waals surface area contributed by atoms with Gasteiger partial charge in [-0.25, -0.2) is 0 Å². The number of likely N-dealkylation sites (N-methyl/N-ethyl adjacent to an activating group) is 1. The summed E-state index contributed by atoms with van der Waals surface area (Å²) in [6.07, 6.45) is 3.74. The number of hydrogen-bond donors (Lipinski definition) is 2. The van der Waals surface area contributed by atoms with Gasteiger partial charge in [-0.15, -0.1) is 24.0 Å². The lowest BCUT2D eigenvalue weighted by Gasteiger charge is -2.29. The van der Waals surface area contributed by atoms with Crippen molar-refractivity contribution in [2.75, 3.05) is 32.7 Å². The maximum Gasteiger partial charge on any atom is 0.191 e. The van der Waals surface area contributed by atoms with Gasteiger partial charge >= 0.3 is 0 Å². The van der Waals surface area contributed by atoms with Crippen molar-refractivity contribution < 1.29 is 0 Å². The third kappa shape index (κ3) is 9.58. The summed E-state index contributed by atoms with van der Waals surface area (Å²) in [6.45, 7) is 11.1. The number of nitrogens with one attached hydrogen (secondary N) is 2. The van der Waals surface area contributed by atoms with E-state index in [1.807, 2.05) is 18.3 Å². The van der Waals surface area contributed by atoms with Gasteiger partial charge in [-0.3, -0.25) is 14.9 Å². The van der Waals surface area contributed by atoms with Crippen molar-refractivity contribution >= 4 is 29.9 Å². The zero-order valence-electron chi connectivity index (χ0n) is 18.0.